The smallest absolute Gasteiger partial charge is 0.259 e. The number of rotatable bonds is 4. The third-order valence-electron chi connectivity index (χ3n) is 5.37. The minimum atomic E-state index is -0.0189. The first kappa shape index (κ1) is 17.2. The predicted octanol–water partition coefficient (Wildman–Crippen LogP) is 3.67. The first-order chi connectivity index (χ1) is 12.7. The highest BCUT2D eigenvalue weighted by molar-refractivity contribution is 6.30. The van der Waals surface area contributed by atoms with E-state index in [4.69, 9.17) is 21.1 Å². The minimum absolute atomic E-state index is 0.0189. The summed E-state index contributed by atoms with van der Waals surface area (Å²) in [4.78, 5) is 19.0. The highest BCUT2D eigenvalue weighted by atomic mass is 35.5. The van der Waals surface area contributed by atoms with E-state index in [1.165, 1.54) is 7.11 Å². The molecule has 1 aromatic heterocycles. The van der Waals surface area contributed by atoms with Crippen molar-refractivity contribution < 1.29 is 14.3 Å². The summed E-state index contributed by atoms with van der Waals surface area (Å²) in [6, 6.07) is 11.0. The van der Waals surface area contributed by atoms with Gasteiger partial charge in [-0.3, -0.25) is 4.79 Å². The van der Waals surface area contributed by atoms with Crippen LogP contribution in [0.5, 0.6) is 11.6 Å². The summed E-state index contributed by atoms with van der Waals surface area (Å²) >= 11 is 5.94. The van der Waals surface area contributed by atoms with Crippen molar-refractivity contribution in [2.24, 2.45) is 11.8 Å². The molecule has 4 rings (SSSR count). The second-order valence-electron chi connectivity index (χ2n) is 6.88. The van der Waals surface area contributed by atoms with E-state index in [0.29, 0.717) is 34.8 Å². The maximum atomic E-state index is 12.9. The van der Waals surface area contributed by atoms with E-state index in [2.05, 4.69) is 4.98 Å². The van der Waals surface area contributed by atoms with Crippen molar-refractivity contribution in [2.45, 2.75) is 18.9 Å². The Morgan fingerprint density at radius 1 is 1.19 bits per heavy atom. The van der Waals surface area contributed by atoms with Crippen molar-refractivity contribution in [2.75, 3.05) is 20.2 Å². The lowest BCUT2D eigenvalue weighted by molar-refractivity contribution is 0.0758. The van der Waals surface area contributed by atoms with Crippen LogP contribution in [0, 0.1) is 11.8 Å². The number of nitrogens with zero attached hydrogens (tertiary/aromatic N) is 2. The summed E-state index contributed by atoms with van der Waals surface area (Å²) < 4.78 is 11.4. The first-order valence-electron chi connectivity index (χ1n) is 8.86. The molecule has 1 saturated carbocycles. The quantitative estimate of drug-likeness (QED) is 0.821. The predicted molar refractivity (Wildman–Crippen MR) is 98.8 cm³/mol. The number of carbonyl (C=O) groups excluding carboxylic acids is 1. The monoisotopic (exact) mass is 372 g/mol. The Morgan fingerprint density at radius 2 is 2.00 bits per heavy atom. The largest absolute Gasteiger partial charge is 0.490 e. The molecule has 0 unspecified atom stereocenters. The lowest BCUT2D eigenvalue weighted by atomic mass is 9.99. The summed E-state index contributed by atoms with van der Waals surface area (Å²) in [6.07, 6.45) is 3.87. The molecule has 1 aliphatic carbocycles. The maximum Gasteiger partial charge on any atom is 0.259 e. The van der Waals surface area contributed by atoms with Crippen LogP contribution < -0.4 is 9.47 Å². The van der Waals surface area contributed by atoms with E-state index in [1.54, 1.807) is 18.3 Å². The standard InChI is InChI=1S/C20H21ClN2O3/c1-25-19-16(3-2-10-22-19)20(24)23-11-13-4-9-18(17(13)12-23)26-15-7-5-14(21)6-8-15/h2-3,5-8,10,13,17-18H,4,9,11-12H2,1H3/t13-,17+,18-/m0/s1. The third-order valence-corrected chi connectivity index (χ3v) is 5.63. The third kappa shape index (κ3) is 3.23. The van der Waals surface area contributed by atoms with Gasteiger partial charge >= 0.3 is 0 Å². The molecule has 0 radical (unpaired) electrons. The number of fused-ring (bicyclic) bond motifs is 1. The molecule has 6 heteroatoms. The van der Waals surface area contributed by atoms with Gasteiger partial charge in [0.2, 0.25) is 5.88 Å². The lowest BCUT2D eigenvalue weighted by Gasteiger charge is -2.22. The topological polar surface area (TPSA) is 51.7 Å². The van der Waals surface area contributed by atoms with Gasteiger partial charge in [-0.25, -0.2) is 4.98 Å². The molecule has 2 aromatic rings. The summed E-state index contributed by atoms with van der Waals surface area (Å²) in [6.45, 7) is 1.47. The van der Waals surface area contributed by atoms with Crippen LogP contribution in [-0.2, 0) is 0 Å². The summed E-state index contributed by atoms with van der Waals surface area (Å²) in [5.74, 6) is 2.04. The number of amides is 1. The fourth-order valence-electron chi connectivity index (χ4n) is 4.10. The van der Waals surface area contributed by atoms with Gasteiger partial charge in [0, 0.05) is 30.2 Å². The number of halogens is 1. The van der Waals surface area contributed by atoms with Crippen LogP contribution in [0.2, 0.25) is 5.02 Å². The van der Waals surface area contributed by atoms with Crippen LogP contribution in [0.25, 0.3) is 0 Å². The Hall–Kier alpha value is -2.27. The molecular formula is C20H21ClN2O3. The van der Waals surface area contributed by atoms with Gasteiger partial charge in [0.15, 0.2) is 0 Å². The highest BCUT2D eigenvalue weighted by Gasteiger charge is 2.45. The van der Waals surface area contributed by atoms with Gasteiger partial charge in [-0.1, -0.05) is 11.6 Å². The van der Waals surface area contributed by atoms with Crippen molar-refractivity contribution in [3.63, 3.8) is 0 Å². The van der Waals surface area contributed by atoms with Gasteiger partial charge in [-0.05, 0) is 55.2 Å². The molecule has 0 N–H and O–H groups in total. The van der Waals surface area contributed by atoms with Gasteiger partial charge in [-0.15, -0.1) is 0 Å². The van der Waals surface area contributed by atoms with Crippen LogP contribution >= 0.6 is 11.6 Å². The molecule has 0 bridgehead atoms. The van der Waals surface area contributed by atoms with Crippen molar-refractivity contribution in [1.29, 1.82) is 0 Å². The summed E-state index contributed by atoms with van der Waals surface area (Å²) in [5.41, 5.74) is 0.519. The van der Waals surface area contributed by atoms with Gasteiger partial charge in [-0.2, -0.15) is 0 Å². The van der Waals surface area contributed by atoms with E-state index in [1.807, 2.05) is 29.2 Å². The number of aromatic nitrogens is 1. The summed E-state index contributed by atoms with van der Waals surface area (Å²) in [5, 5.41) is 0.699. The fraction of sp³-hybridized carbons (Fsp3) is 0.400. The Balaban J connectivity index is 1.45. The van der Waals surface area contributed by atoms with E-state index in [-0.39, 0.29) is 12.0 Å². The number of carbonyl (C=O) groups is 1. The number of ether oxygens (including phenoxy) is 2. The van der Waals surface area contributed by atoms with E-state index in [0.717, 1.165) is 25.1 Å². The maximum absolute atomic E-state index is 12.9. The van der Waals surface area contributed by atoms with E-state index in [9.17, 15) is 4.79 Å². The normalized spacial score (nSPS) is 24.4. The zero-order valence-corrected chi connectivity index (χ0v) is 15.4. The molecule has 3 atom stereocenters. The molecule has 1 aromatic carbocycles. The van der Waals surface area contributed by atoms with Gasteiger partial charge in [0.25, 0.3) is 5.91 Å². The van der Waals surface area contributed by atoms with Crippen LogP contribution in [0.1, 0.15) is 23.2 Å². The molecule has 136 valence electrons. The number of hydrogen-bond donors (Lipinski definition) is 0. The zero-order valence-electron chi connectivity index (χ0n) is 14.6. The van der Waals surface area contributed by atoms with Crippen molar-refractivity contribution in [3.8, 4) is 11.6 Å². The van der Waals surface area contributed by atoms with Gasteiger partial charge in [0.1, 0.15) is 17.4 Å². The Labute approximate surface area is 157 Å². The van der Waals surface area contributed by atoms with Crippen LogP contribution in [0.3, 0.4) is 0 Å². The average Bonchev–Trinajstić information content (AvgIpc) is 3.25. The van der Waals surface area contributed by atoms with E-state index < -0.39 is 0 Å². The highest BCUT2D eigenvalue weighted by Crippen LogP contribution is 2.41. The number of pyridine rings is 1. The summed E-state index contributed by atoms with van der Waals surface area (Å²) in [7, 11) is 1.54. The van der Waals surface area contributed by atoms with Crippen LogP contribution in [-0.4, -0.2) is 42.1 Å². The fourth-order valence-corrected chi connectivity index (χ4v) is 4.23. The number of hydrogen-bond acceptors (Lipinski definition) is 4. The van der Waals surface area contributed by atoms with Crippen molar-refractivity contribution >= 4 is 17.5 Å². The number of likely N-dealkylation sites (tertiary alicyclic amines) is 1. The van der Waals surface area contributed by atoms with Crippen molar-refractivity contribution in [3.05, 3.63) is 53.2 Å². The Bertz CT molecular complexity index is 796. The molecule has 1 amide bonds. The molecule has 1 aliphatic heterocycles. The minimum Gasteiger partial charge on any atom is -0.490 e. The molecule has 1 saturated heterocycles. The van der Waals surface area contributed by atoms with Gasteiger partial charge < -0.3 is 14.4 Å². The van der Waals surface area contributed by atoms with Gasteiger partial charge in [0.05, 0.1) is 7.11 Å². The molecule has 0 spiro atoms. The van der Waals surface area contributed by atoms with E-state index >= 15 is 0 Å². The van der Waals surface area contributed by atoms with Crippen LogP contribution in [0.4, 0.5) is 0 Å². The first-order valence-corrected chi connectivity index (χ1v) is 9.24. The SMILES string of the molecule is COc1ncccc1C(=O)N1C[C@@H]2CC[C@H](Oc3ccc(Cl)cc3)[C@@H]2C1. The van der Waals surface area contributed by atoms with Crippen LogP contribution in [0.15, 0.2) is 42.6 Å². The molecule has 2 fully saturated rings. The Kier molecular flexibility index (Phi) is 4.72. The van der Waals surface area contributed by atoms with Crippen molar-refractivity contribution in [1.82, 2.24) is 9.88 Å². The lowest BCUT2D eigenvalue weighted by Crippen LogP contribution is -2.32. The Morgan fingerprint density at radius 3 is 2.77 bits per heavy atom. The molecule has 5 nitrogen and oxygen atoms in total. The molecule has 2 aliphatic rings. The number of methoxy groups -OCH3 is 1. The molecule has 26 heavy (non-hydrogen) atoms. The second-order valence-corrected chi connectivity index (χ2v) is 7.32. The zero-order chi connectivity index (χ0) is 18.1. The second kappa shape index (κ2) is 7.16. The number of benzene rings is 1. The molecular weight excluding hydrogens is 352 g/mol. The average molecular weight is 373 g/mol. The molecule has 2 heterocycles.